The number of benzene rings is 1. The van der Waals surface area contributed by atoms with Gasteiger partial charge in [-0.3, -0.25) is 5.32 Å². The van der Waals surface area contributed by atoms with E-state index in [2.05, 4.69) is 10.4 Å². The molecule has 1 saturated heterocycles. The molecule has 1 aromatic carbocycles. The molecule has 128 valence electrons. The Morgan fingerprint density at radius 2 is 2.12 bits per heavy atom. The Morgan fingerprint density at radius 1 is 1.38 bits per heavy atom. The van der Waals surface area contributed by atoms with Crippen molar-refractivity contribution in [2.75, 3.05) is 18.4 Å². The van der Waals surface area contributed by atoms with E-state index in [-0.39, 0.29) is 18.1 Å². The van der Waals surface area contributed by atoms with Crippen molar-refractivity contribution in [2.45, 2.75) is 32.8 Å². The van der Waals surface area contributed by atoms with Crippen molar-refractivity contribution in [3.8, 4) is 5.69 Å². The molecule has 0 saturated carbocycles. The molecule has 3 rings (SSSR count). The SMILES string of the molecule is Cc1cn(-c2ccccc2)nc1NC(=O)N1CCCC(C(C)O)C1. The average Bonchev–Trinajstić information content (AvgIpc) is 2.96. The normalized spacial score (nSPS) is 19.1. The van der Waals surface area contributed by atoms with Crippen molar-refractivity contribution in [3.05, 3.63) is 42.1 Å². The Kier molecular flexibility index (Phi) is 4.85. The Hall–Kier alpha value is -2.34. The maximum absolute atomic E-state index is 12.5. The number of amides is 2. The molecule has 2 aromatic rings. The number of aliphatic hydroxyl groups is 1. The van der Waals surface area contributed by atoms with Crippen LogP contribution in [0.1, 0.15) is 25.3 Å². The van der Waals surface area contributed by atoms with E-state index >= 15 is 0 Å². The lowest BCUT2D eigenvalue weighted by Crippen LogP contribution is -2.44. The average molecular weight is 328 g/mol. The van der Waals surface area contributed by atoms with E-state index in [0.29, 0.717) is 18.9 Å². The monoisotopic (exact) mass is 328 g/mol. The minimum absolute atomic E-state index is 0.146. The molecule has 0 spiro atoms. The number of nitrogens with one attached hydrogen (secondary N) is 1. The van der Waals surface area contributed by atoms with Crippen LogP contribution in [0.15, 0.2) is 36.5 Å². The lowest BCUT2D eigenvalue weighted by Gasteiger charge is -2.33. The van der Waals surface area contributed by atoms with E-state index in [9.17, 15) is 9.90 Å². The number of likely N-dealkylation sites (tertiary alicyclic amines) is 1. The second-order valence-corrected chi connectivity index (χ2v) is 6.46. The standard InChI is InChI=1S/C18H24N4O2/c1-13-11-22(16-8-4-3-5-9-16)20-17(13)19-18(24)21-10-6-7-15(12-21)14(2)23/h3-5,8-9,11,14-15,23H,6-7,10,12H2,1-2H3,(H,19,20,24). The molecule has 2 heterocycles. The Labute approximate surface area is 142 Å². The van der Waals surface area contributed by atoms with Crippen LogP contribution in [0, 0.1) is 12.8 Å². The van der Waals surface area contributed by atoms with Gasteiger partial charge in [0, 0.05) is 30.8 Å². The van der Waals surface area contributed by atoms with Gasteiger partial charge in [-0.15, -0.1) is 5.10 Å². The predicted molar refractivity (Wildman–Crippen MR) is 93.3 cm³/mol. The van der Waals surface area contributed by atoms with Gasteiger partial charge in [0.2, 0.25) is 0 Å². The molecular formula is C18H24N4O2. The summed E-state index contributed by atoms with van der Waals surface area (Å²) in [6.07, 6.45) is 3.39. The molecule has 0 aliphatic carbocycles. The Bertz CT molecular complexity index is 696. The second kappa shape index (κ2) is 7.05. The van der Waals surface area contributed by atoms with Gasteiger partial charge in [-0.25, -0.2) is 9.48 Å². The number of carbonyl (C=O) groups is 1. The molecule has 24 heavy (non-hydrogen) atoms. The third kappa shape index (κ3) is 3.59. The number of aliphatic hydroxyl groups excluding tert-OH is 1. The number of hydrogen-bond acceptors (Lipinski definition) is 3. The van der Waals surface area contributed by atoms with Crippen LogP contribution < -0.4 is 5.32 Å². The lowest BCUT2D eigenvalue weighted by atomic mass is 9.94. The van der Waals surface area contributed by atoms with Crippen LogP contribution in [0.4, 0.5) is 10.6 Å². The summed E-state index contributed by atoms with van der Waals surface area (Å²) in [5.41, 5.74) is 1.87. The van der Waals surface area contributed by atoms with Crippen molar-refractivity contribution in [1.29, 1.82) is 0 Å². The van der Waals surface area contributed by atoms with Crippen LogP contribution in [-0.4, -0.2) is 45.0 Å². The first-order chi connectivity index (χ1) is 11.5. The molecule has 2 atom stereocenters. The number of para-hydroxylation sites is 1. The zero-order chi connectivity index (χ0) is 17.1. The van der Waals surface area contributed by atoms with E-state index in [0.717, 1.165) is 24.1 Å². The number of carbonyl (C=O) groups excluding carboxylic acids is 1. The van der Waals surface area contributed by atoms with Gasteiger partial charge in [-0.2, -0.15) is 0 Å². The second-order valence-electron chi connectivity index (χ2n) is 6.46. The van der Waals surface area contributed by atoms with Crippen molar-refractivity contribution in [2.24, 2.45) is 5.92 Å². The molecule has 6 nitrogen and oxygen atoms in total. The minimum atomic E-state index is -0.389. The van der Waals surface area contributed by atoms with Gasteiger partial charge >= 0.3 is 6.03 Å². The van der Waals surface area contributed by atoms with Crippen molar-refractivity contribution >= 4 is 11.8 Å². The quantitative estimate of drug-likeness (QED) is 0.910. The number of nitrogens with zero attached hydrogens (tertiary/aromatic N) is 3. The van der Waals surface area contributed by atoms with E-state index in [1.807, 2.05) is 43.5 Å². The molecule has 6 heteroatoms. The van der Waals surface area contributed by atoms with Crippen molar-refractivity contribution in [1.82, 2.24) is 14.7 Å². The summed E-state index contributed by atoms with van der Waals surface area (Å²) in [6.45, 7) is 5.02. The van der Waals surface area contributed by atoms with Gasteiger partial charge in [-0.1, -0.05) is 18.2 Å². The third-order valence-corrected chi connectivity index (χ3v) is 4.57. The Balaban J connectivity index is 1.70. The highest BCUT2D eigenvalue weighted by Gasteiger charge is 2.27. The molecule has 0 radical (unpaired) electrons. The van der Waals surface area contributed by atoms with E-state index in [4.69, 9.17) is 0 Å². The largest absolute Gasteiger partial charge is 0.393 e. The molecule has 1 fully saturated rings. The first-order valence-electron chi connectivity index (χ1n) is 8.40. The molecule has 1 aromatic heterocycles. The fourth-order valence-electron chi connectivity index (χ4n) is 3.07. The van der Waals surface area contributed by atoms with E-state index < -0.39 is 0 Å². The minimum Gasteiger partial charge on any atom is -0.393 e. The van der Waals surface area contributed by atoms with Crippen molar-refractivity contribution in [3.63, 3.8) is 0 Å². The van der Waals surface area contributed by atoms with Crippen LogP contribution in [0.5, 0.6) is 0 Å². The number of aromatic nitrogens is 2. The number of anilines is 1. The summed E-state index contributed by atoms with van der Waals surface area (Å²) in [4.78, 5) is 14.3. The summed E-state index contributed by atoms with van der Waals surface area (Å²) in [5, 5.41) is 17.1. The molecule has 0 bridgehead atoms. The van der Waals surface area contributed by atoms with Crippen LogP contribution in [-0.2, 0) is 0 Å². The first-order valence-corrected chi connectivity index (χ1v) is 8.40. The zero-order valence-corrected chi connectivity index (χ0v) is 14.1. The van der Waals surface area contributed by atoms with Crippen molar-refractivity contribution < 1.29 is 9.90 Å². The molecule has 1 aliphatic rings. The number of hydrogen-bond donors (Lipinski definition) is 2. The molecular weight excluding hydrogens is 304 g/mol. The predicted octanol–water partition coefficient (Wildman–Crippen LogP) is 2.81. The lowest BCUT2D eigenvalue weighted by molar-refractivity contribution is 0.0766. The fraction of sp³-hybridized carbons (Fsp3) is 0.444. The maximum Gasteiger partial charge on any atom is 0.323 e. The van der Waals surface area contributed by atoms with Gasteiger partial charge in [0.1, 0.15) is 0 Å². The van der Waals surface area contributed by atoms with E-state index in [1.165, 1.54) is 0 Å². The third-order valence-electron chi connectivity index (χ3n) is 4.57. The van der Waals surface area contributed by atoms with Gasteiger partial charge in [0.15, 0.2) is 5.82 Å². The molecule has 2 unspecified atom stereocenters. The van der Waals surface area contributed by atoms with Crippen LogP contribution in [0.2, 0.25) is 0 Å². The summed E-state index contributed by atoms with van der Waals surface area (Å²) >= 11 is 0. The highest BCUT2D eigenvalue weighted by molar-refractivity contribution is 5.89. The smallest absolute Gasteiger partial charge is 0.323 e. The summed E-state index contributed by atoms with van der Waals surface area (Å²) in [7, 11) is 0. The highest BCUT2D eigenvalue weighted by Crippen LogP contribution is 2.21. The van der Waals surface area contributed by atoms with Gasteiger partial charge in [-0.05, 0) is 38.8 Å². The number of rotatable bonds is 3. The molecule has 2 N–H and O–H groups in total. The van der Waals surface area contributed by atoms with Gasteiger partial charge < -0.3 is 10.0 Å². The van der Waals surface area contributed by atoms with E-state index in [1.54, 1.807) is 16.5 Å². The summed E-state index contributed by atoms with van der Waals surface area (Å²) in [5.74, 6) is 0.718. The maximum atomic E-state index is 12.5. The Morgan fingerprint density at radius 3 is 2.83 bits per heavy atom. The van der Waals surface area contributed by atoms with Crippen LogP contribution in [0.3, 0.4) is 0 Å². The highest BCUT2D eigenvalue weighted by atomic mass is 16.3. The van der Waals surface area contributed by atoms with Gasteiger partial charge in [0.05, 0.1) is 11.8 Å². The number of urea groups is 1. The van der Waals surface area contributed by atoms with Gasteiger partial charge in [0.25, 0.3) is 0 Å². The first kappa shape index (κ1) is 16.5. The summed E-state index contributed by atoms with van der Waals surface area (Å²) in [6, 6.07) is 9.65. The molecule has 2 amide bonds. The number of piperidine rings is 1. The topological polar surface area (TPSA) is 70.4 Å². The number of aryl methyl sites for hydroxylation is 1. The summed E-state index contributed by atoms with van der Waals surface area (Å²) < 4.78 is 1.76. The molecule has 1 aliphatic heterocycles. The van der Waals surface area contributed by atoms with Crippen LogP contribution >= 0.6 is 0 Å². The fourth-order valence-corrected chi connectivity index (χ4v) is 3.07. The van der Waals surface area contributed by atoms with Crippen LogP contribution in [0.25, 0.3) is 5.69 Å². The zero-order valence-electron chi connectivity index (χ0n) is 14.1.